The first kappa shape index (κ1) is 23.6. The van der Waals surface area contributed by atoms with Gasteiger partial charge < -0.3 is 19.0 Å². The van der Waals surface area contributed by atoms with E-state index in [9.17, 15) is 4.79 Å². The van der Waals surface area contributed by atoms with Gasteiger partial charge in [-0.2, -0.15) is 4.99 Å². The van der Waals surface area contributed by atoms with Gasteiger partial charge in [0.05, 0.1) is 17.2 Å². The normalized spacial score (nSPS) is 16.1. The molecule has 4 rings (SSSR count). The molecule has 0 radical (unpaired) electrons. The predicted octanol–water partition coefficient (Wildman–Crippen LogP) is 4.98. The molecule has 1 amide bonds. The Bertz CT molecular complexity index is 1250. The lowest BCUT2D eigenvalue weighted by molar-refractivity contribution is -0.114. The first-order valence-electron chi connectivity index (χ1n) is 10.6. The highest BCUT2D eigenvalue weighted by molar-refractivity contribution is 9.10. The zero-order valence-corrected chi connectivity index (χ0v) is 20.9. The molecule has 0 fully saturated rings. The van der Waals surface area contributed by atoms with E-state index in [2.05, 4.69) is 27.0 Å². The molecule has 34 heavy (non-hydrogen) atoms. The Morgan fingerprint density at radius 1 is 1.09 bits per heavy atom. The number of hydroxylamine groups is 2. The van der Waals surface area contributed by atoms with Crippen LogP contribution in [0.1, 0.15) is 23.6 Å². The van der Waals surface area contributed by atoms with Gasteiger partial charge in [0.15, 0.2) is 23.2 Å². The summed E-state index contributed by atoms with van der Waals surface area (Å²) in [6.07, 6.45) is 3.18. The maximum atomic E-state index is 12.5. The standard InChI is InChI=1S/C25H24BrN3O5/c1-14-7-15(2)9-18(8-14)32-5-6-33-23-20(26)12-17(13-21(23)31-4)11-19-24(27)29-22(28-25(19)30)10-16(3)34-29/h7-13,27H,5-6H2,1-4H3/b19-11-,27-24?. The van der Waals surface area contributed by atoms with Crippen LogP contribution in [0.3, 0.4) is 0 Å². The third-order valence-corrected chi connectivity index (χ3v) is 5.63. The molecule has 176 valence electrons. The molecule has 2 heterocycles. The van der Waals surface area contributed by atoms with Crippen LogP contribution in [0.15, 0.2) is 57.2 Å². The largest absolute Gasteiger partial charge is 0.493 e. The molecule has 9 heteroatoms. The van der Waals surface area contributed by atoms with E-state index in [1.54, 1.807) is 31.2 Å². The number of rotatable bonds is 7. The van der Waals surface area contributed by atoms with Crippen LogP contribution in [-0.2, 0) is 9.63 Å². The molecular weight excluding hydrogens is 502 g/mol. The summed E-state index contributed by atoms with van der Waals surface area (Å²) in [7, 11) is 1.54. The maximum Gasteiger partial charge on any atom is 0.282 e. The zero-order valence-electron chi connectivity index (χ0n) is 19.3. The second kappa shape index (κ2) is 9.72. The van der Waals surface area contributed by atoms with Gasteiger partial charge in [-0.3, -0.25) is 10.2 Å². The molecular formula is C25H24BrN3O5. The highest BCUT2D eigenvalue weighted by Gasteiger charge is 2.34. The summed E-state index contributed by atoms with van der Waals surface area (Å²) in [4.78, 5) is 22.0. The summed E-state index contributed by atoms with van der Waals surface area (Å²) in [5.41, 5.74) is 3.02. The van der Waals surface area contributed by atoms with E-state index >= 15 is 0 Å². The van der Waals surface area contributed by atoms with Crippen molar-refractivity contribution in [1.29, 1.82) is 5.41 Å². The number of methoxy groups -OCH3 is 1. The average molecular weight is 526 g/mol. The molecule has 0 saturated heterocycles. The fourth-order valence-electron chi connectivity index (χ4n) is 3.65. The first-order valence-corrected chi connectivity index (χ1v) is 11.4. The zero-order chi connectivity index (χ0) is 24.4. The molecule has 8 nitrogen and oxygen atoms in total. The van der Waals surface area contributed by atoms with Gasteiger partial charge in [0, 0.05) is 6.08 Å². The Morgan fingerprint density at radius 2 is 1.79 bits per heavy atom. The highest BCUT2D eigenvalue weighted by atomic mass is 79.9. The van der Waals surface area contributed by atoms with Crippen molar-refractivity contribution in [3.63, 3.8) is 0 Å². The van der Waals surface area contributed by atoms with Crippen LogP contribution in [0, 0.1) is 19.3 Å². The van der Waals surface area contributed by atoms with Crippen LogP contribution in [0.25, 0.3) is 6.08 Å². The van der Waals surface area contributed by atoms with Crippen LogP contribution in [0.5, 0.6) is 17.2 Å². The van der Waals surface area contributed by atoms with Gasteiger partial charge in [0.2, 0.25) is 0 Å². The van der Waals surface area contributed by atoms with Crippen molar-refractivity contribution < 1.29 is 23.8 Å². The van der Waals surface area contributed by atoms with Gasteiger partial charge in [-0.15, -0.1) is 5.06 Å². The molecule has 2 aromatic rings. The molecule has 0 aliphatic carbocycles. The van der Waals surface area contributed by atoms with Gasteiger partial charge in [0.1, 0.15) is 24.7 Å². The minimum atomic E-state index is -0.509. The second-order valence-corrected chi connectivity index (χ2v) is 8.73. The number of aliphatic imine (C=N–C) groups is 1. The number of nitrogens with zero attached hydrogens (tertiary/aromatic N) is 2. The van der Waals surface area contributed by atoms with Gasteiger partial charge in [0.25, 0.3) is 5.91 Å². The van der Waals surface area contributed by atoms with E-state index in [0.29, 0.717) is 46.3 Å². The summed E-state index contributed by atoms with van der Waals surface area (Å²) in [6.45, 7) is 6.45. The number of halogens is 1. The van der Waals surface area contributed by atoms with Crippen molar-refractivity contribution in [2.24, 2.45) is 4.99 Å². The summed E-state index contributed by atoms with van der Waals surface area (Å²) in [5, 5.41) is 9.59. The van der Waals surface area contributed by atoms with Crippen LogP contribution in [0.2, 0.25) is 0 Å². The van der Waals surface area contributed by atoms with Gasteiger partial charge in [-0.25, -0.2) is 0 Å². The lowest BCUT2D eigenvalue weighted by atomic mass is 10.1. The molecule has 0 spiro atoms. The van der Waals surface area contributed by atoms with Crippen molar-refractivity contribution in [1.82, 2.24) is 5.06 Å². The molecule has 0 bridgehead atoms. The number of carbonyl (C=O) groups is 1. The molecule has 0 aromatic heterocycles. The molecule has 0 unspecified atom stereocenters. The third kappa shape index (κ3) is 4.99. The molecule has 0 saturated carbocycles. The fraction of sp³-hybridized carbons (Fsp3) is 0.240. The maximum absolute atomic E-state index is 12.5. The smallest absolute Gasteiger partial charge is 0.282 e. The Kier molecular flexibility index (Phi) is 6.74. The Morgan fingerprint density at radius 3 is 2.50 bits per heavy atom. The minimum Gasteiger partial charge on any atom is -0.493 e. The number of allylic oxidation sites excluding steroid dienone is 1. The van der Waals surface area contributed by atoms with E-state index in [-0.39, 0.29) is 11.4 Å². The van der Waals surface area contributed by atoms with Crippen molar-refractivity contribution in [3.05, 3.63) is 68.9 Å². The monoisotopic (exact) mass is 525 g/mol. The number of carbonyl (C=O) groups excluding carboxylic acids is 1. The number of nitrogens with one attached hydrogen (secondary N) is 1. The fourth-order valence-corrected chi connectivity index (χ4v) is 4.22. The molecule has 0 atom stereocenters. The second-order valence-electron chi connectivity index (χ2n) is 7.88. The Balaban J connectivity index is 1.48. The lowest BCUT2D eigenvalue weighted by Gasteiger charge is -2.23. The van der Waals surface area contributed by atoms with E-state index in [1.807, 2.05) is 26.0 Å². The van der Waals surface area contributed by atoms with E-state index in [0.717, 1.165) is 16.9 Å². The quantitative estimate of drug-likeness (QED) is 0.404. The topological polar surface area (TPSA) is 93.4 Å². The number of amidine groups is 2. The Labute approximate surface area is 206 Å². The van der Waals surface area contributed by atoms with Crippen LogP contribution < -0.4 is 14.2 Å². The lowest BCUT2D eigenvalue weighted by Crippen LogP contribution is -2.38. The van der Waals surface area contributed by atoms with Crippen LogP contribution in [0.4, 0.5) is 0 Å². The molecule has 1 N–H and O–H groups in total. The van der Waals surface area contributed by atoms with Gasteiger partial charge >= 0.3 is 0 Å². The number of fused-ring (bicyclic) bond motifs is 1. The van der Waals surface area contributed by atoms with E-state index in [1.165, 1.54) is 12.2 Å². The van der Waals surface area contributed by atoms with Crippen molar-refractivity contribution in [3.8, 4) is 17.2 Å². The predicted molar refractivity (Wildman–Crippen MR) is 132 cm³/mol. The number of hydrogen-bond donors (Lipinski definition) is 1. The van der Waals surface area contributed by atoms with E-state index < -0.39 is 5.91 Å². The molecule has 2 aliphatic rings. The van der Waals surface area contributed by atoms with E-state index in [4.69, 9.17) is 24.5 Å². The minimum absolute atomic E-state index is 0.0814. The summed E-state index contributed by atoms with van der Waals surface area (Å²) >= 11 is 3.52. The van der Waals surface area contributed by atoms with Crippen molar-refractivity contribution >= 4 is 39.6 Å². The van der Waals surface area contributed by atoms with Gasteiger partial charge in [-0.05, 0) is 83.7 Å². The summed E-state index contributed by atoms with van der Waals surface area (Å²) in [5.74, 6) is 2.06. The number of ether oxygens (including phenoxy) is 3. The molecule has 2 aromatic carbocycles. The van der Waals surface area contributed by atoms with Crippen molar-refractivity contribution in [2.75, 3.05) is 20.3 Å². The van der Waals surface area contributed by atoms with Crippen LogP contribution >= 0.6 is 15.9 Å². The van der Waals surface area contributed by atoms with Gasteiger partial charge in [-0.1, -0.05) is 6.07 Å². The number of amides is 1. The number of benzene rings is 2. The molecule has 2 aliphatic heterocycles. The van der Waals surface area contributed by atoms with Crippen LogP contribution in [-0.4, -0.2) is 43.0 Å². The number of aryl methyl sites for hydroxylation is 2. The number of hydrogen-bond acceptors (Lipinski definition) is 6. The Hall–Kier alpha value is -3.59. The highest BCUT2D eigenvalue weighted by Crippen LogP contribution is 2.37. The summed E-state index contributed by atoms with van der Waals surface area (Å²) < 4.78 is 17.9. The third-order valence-electron chi connectivity index (χ3n) is 5.04. The average Bonchev–Trinajstić information content (AvgIpc) is 3.14. The van der Waals surface area contributed by atoms with Crippen molar-refractivity contribution in [2.45, 2.75) is 20.8 Å². The first-order chi connectivity index (χ1) is 16.2. The SMILES string of the molecule is COc1cc(/C=C2/C(=N)N3OC(C)=CC3=NC2=O)cc(Br)c1OCCOc1cc(C)cc(C)c1. The summed E-state index contributed by atoms with van der Waals surface area (Å²) in [6, 6.07) is 9.56.